The Morgan fingerprint density at radius 3 is 2.54 bits per heavy atom. The van der Waals surface area contributed by atoms with Gasteiger partial charge >= 0.3 is 5.97 Å². The molecule has 150 valence electrons. The molecular formula is C22H29N3O3. The summed E-state index contributed by atoms with van der Waals surface area (Å²) in [5.41, 5.74) is 3.30. The van der Waals surface area contributed by atoms with Crippen molar-refractivity contribution < 1.29 is 14.3 Å². The highest BCUT2D eigenvalue weighted by atomic mass is 16.6. The average molecular weight is 383 g/mol. The predicted molar refractivity (Wildman–Crippen MR) is 110 cm³/mol. The molecule has 0 bridgehead atoms. The van der Waals surface area contributed by atoms with Crippen LogP contribution < -0.4 is 15.0 Å². The standard InChI is InChI=1S/C22H29N3O3/c1-16-12-18(13-17(2)22(16)28-15-21(26)27-3)14-24-19-7-10-25(11-8-19)20-6-4-5-9-23-20/h4-6,9,12-13,19,24H,7-8,10-11,14-15H2,1-3H3. The number of hydrogen-bond donors (Lipinski definition) is 1. The molecule has 1 fully saturated rings. The molecule has 1 saturated heterocycles. The zero-order chi connectivity index (χ0) is 19.9. The third kappa shape index (κ3) is 5.23. The van der Waals surface area contributed by atoms with Crippen molar-refractivity contribution in [3.05, 3.63) is 53.2 Å². The Hall–Kier alpha value is -2.60. The number of ether oxygens (including phenoxy) is 2. The van der Waals surface area contributed by atoms with Gasteiger partial charge in [-0.1, -0.05) is 18.2 Å². The summed E-state index contributed by atoms with van der Waals surface area (Å²) in [5, 5.41) is 3.68. The van der Waals surface area contributed by atoms with Crippen molar-refractivity contribution in [1.29, 1.82) is 0 Å². The van der Waals surface area contributed by atoms with Crippen LogP contribution in [0.2, 0.25) is 0 Å². The van der Waals surface area contributed by atoms with E-state index >= 15 is 0 Å². The summed E-state index contributed by atoms with van der Waals surface area (Å²) in [5.74, 6) is 1.45. The van der Waals surface area contributed by atoms with Gasteiger partial charge in [0.25, 0.3) is 0 Å². The molecule has 6 nitrogen and oxygen atoms in total. The fourth-order valence-electron chi connectivity index (χ4n) is 3.68. The lowest BCUT2D eigenvalue weighted by atomic mass is 10.0. The van der Waals surface area contributed by atoms with E-state index in [0.717, 1.165) is 55.2 Å². The third-order valence-corrected chi connectivity index (χ3v) is 5.15. The number of piperidine rings is 1. The van der Waals surface area contributed by atoms with Crippen molar-refractivity contribution >= 4 is 11.8 Å². The second-order valence-corrected chi connectivity index (χ2v) is 7.25. The number of anilines is 1. The fraction of sp³-hybridized carbons (Fsp3) is 0.455. The highest BCUT2D eigenvalue weighted by Gasteiger charge is 2.19. The quantitative estimate of drug-likeness (QED) is 0.742. The second kappa shape index (κ2) is 9.55. The zero-order valence-electron chi connectivity index (χ0n) is 16.9. The Bertz CT molecular complexity index is 764. The van der Waals surface area contributed by atoms with E-state index in [-0.39, 0.29) is 12.6 Å². The molecule has 0 radical (unpaired) electrons. The first-order chi connectivity index (χ1) is 13.6. The third-order valence-electron chi connectivity index (χ3n) is 5.15. The van der Waals surface area contributed by atoms with Gasteiger partial charge in [-0.2, -0.15) is 0 Å². The summed E-state index contributed by atoms with van der Waals surface area (Å²) in [7, 11) is 1.36. The minimum absolute atomic E-state index is 0.0649. The number of aromatic nitrogens is 1. The monoisotopic (exact) mass is 383 g/mol. The molecule has 2 heterocycles. The van der Waals surface area contributed by atoms with Crippen molar-refractivity contribution in [3.63, 3.8) is 0 Å². The molecule has 0 unspecified atom stereocenters. The minimum Gasteiger partial charge on any atom is -0.481 e. The first-order valence-corrected chi connectivity index (χ1v) is 9.76. The van der Waals surface area contributed by atoms with Crippen LogP contribution in [-0.4, -0.2) is 43.8 Å². The largest absolute Gasteiger partial charge is 0.481 e. The maximum Gasteiger partial charge on any atom is 0.343 e. The van der Waals surface area contributed by atoms with Gasteiger partial charge in [-0.3, -0.25) is 0 Å². The zero-order valence-corrected chi connectivity index (χ0v) is 16.9. The minimum atomic E-state index is -0.374. The number of nitrogens with one attached hydrogen (secondary N) is 1. The van der Waals surface area contributed by atoms with Gasteiger partial charge in [0, 0.05) is 31.9 Å². The highest BCUT2D eigenvalue weighted by molar-refractivity contribution is 5.71. The van der Waals surface area contributed by atoms with Gasteiger partial charge in [0.1, 0.15) is 11.6 Å². The predicted octanol–water partition coefficient (Wildman–Crippen LogP) is 3.01. The first kappa shape index (κ1) is 20.1. The van der Waals surface area contributed by atoms with Crippen molar-refractivity contribution in [2.45, 2.75) is 39.3 Å². The molecule has 0 spiro atoms. The van der Waals surface area contributed by atoms with E-state index in [1.54, 1.807) is 0 Å². The molecule has 6 heteroatoms. The normalized spacial score (nSPS) is 14.8. The highest BCUT2D eigenvalue weighted by Crippen LogP contribution is 2.25. The van der Waals surface area contributed by atoms with Crippen LogP contribution in [0.5, 0.6) is 5.75 Å². The second-order valence-electron chi connectivity index (χ2n) is 7.25. The number of pyridine rings is 1. The summed E-state index contributed by atoms with van der Waals surface area (Å²) < 4.78 is 10.3. The molecule has 1 aromatic carbocycles. The lowest BCUT2D eigenvalue weighted by molar-refractivity contribution is -0.142. The molecule has 3 rings (SSSR count). The lowest BCUT2D eigenvalue weighted by Gasteiger charge is -2.33. The topological polar surface area (TPSA) is 63.7 Å². The average Bonchev–Trinajstić information content (AvgIpc) is 2.72. The van der Waals surface area contributed by atoms with E-state index in [1.165, 1.54) is 12.7 Å². The Balaban J connectivity index is 1.50. The number of benzene rings is 1. The van der Waals surface area contributed by atoms with Crippen LogP contribution in [0.4, 0.5) is 5.82 Å². The number of carbonyl (C=O) groups is 1. The van der Waals surface area contributed by atoms with E-state index in [1.807, 2.05) is 32.2 Å². The molecule has 0 amide bonds. The summed E-state index contributed by atoms with van der Waals surface area (Å²) in [6.07, 6.45) is 4.06. The maximum atomic E-state index is 11.3. The molecule has 1 aromatic heterocycles. The molecule has 0 saturated carbocycles. The Morgan fingerprint density at radius 2 is 1.93 bits per heavy atom. The molecule has 0 aliphatic carbocycles. The summed E-state index contributed by atoms with van der Waals surface area (Å²) >= 11 is 0. The SMILES string of the molecule is COC(=O)COc1c(C)cc(CNC2CCN(c3ccccn3)CC2)cc1C. The van der Waals surface area contributed by atoms with Crippen LogP contribution in [0.1, 0.15) is 29.5 Å². The number of rotatable bonds is 7. The van der Waals surface area contributed by atoms with Crippen molar-refractivity contribution in [1.82, 2.24) is 10.3 Å². The van der Waals surface area contributed by atoms with Crippen LogP contribution in [0.3, 0.4) is 0 Å². The lowest BCUT2D eigenvalue weighted by Crippen LogP contribution is -2.42. The van der Waals surface area contributed by atoms with Crippen LogP contribution >= 0.6 is 0 Å². The summed E-state index contributed by atoms with van der Waals surface area (Å²) in [6, 6.07) is 10.8. The number of carbonyl (C=O) groups excluding carboxylic acids is 1. The molecule has 1 aliphatic rings. The van der Waals surface area contributed by atoms with Gasteiger partial charge in [0.2, 0.25) is 0 Å². The van der Waals surface area contributed by atoms with Crippen LogP contribution in [0, 0.1) is 13.8 Å². The number of methoxy groups -OCH3 is 1. The van der Waals surface area contributed by atoms with Crippen LogP contribution in [-0.2, 0) is 16.1 Å². The van der Waals surface area contributed by atoms with E-state index in [2.05, 4.69) is 38.1 Å². The molecule has 1 N–H and O–H groups in total. The van der Waals surface area contributed by atoms with Crippen molar-refractivity contribution in [2.75, 3.05) is 31.7 Å². The van der Waals surface area contributed by atoms with Crippen molar-refractivity contribution in [2.24, 2.45) is 0 Å². The van der Waals surface area contributed by atoms with Crippen molar-refractivity contribution in [3.8, 4) is 5.75 Å². The van der Waals surface area contributed by atoms with Gasteiger partial charge in [-0.25, -0.2) is 9.78 Å². The fourth-order valence-corrected chi connectivity index (χ4v) is 3.68. The van der Waals surface area contributed by atoms with E-state index in [0.29, 0.717) is 6.04 Å². The summed E-state index contributed by atoms with van der Waals surface area (Å²) in [4.78, 5) is 18.1. The Labute approximate surface area is 166 Å². The number of aryl methyl sites for hydroxylation is 2. The van der Waals surface area contributed by atoms with Gasteiger partial charge in [-0.15, -0.1) is 0 Å². The molecule has 2 aromatic rings. The van der Waals surface area contributed by atoms with E-state index < -0.39 is 0 Å². The molecular weight excluding hydrogens is 354 g/mol. The van der Waals surface area contributed by atoms with Gasteiger partial charge in [0.05, 0.1) is 7.11 Å². The van der Waals surface area contributed by atoms with Gasteiger partial charge in [-0.05, 0) is 55.5 Å². The molecule has 28 heavy (non-hydrogen) atoms. The van der Waals surface area contributed by atoms with Crippen LogP contribution in [0.25, 0.3) is 0 Å². The smallest absolute Gasteiger partial charge is 0.343 e. The van der Waals surface area contributed by atoms with Crippen LogP contribution in [0.15, 0.2) is 36.5 Å². The summed E-state index contributed by atoms with van der Waals surface area (Å²) in [6.45, 7) is 6.82. The number of esters is 1. The number of hydrogen-bond acceptors (Lipinski definition) is 6. The maximum absolute atomic E-state index is 11.3. The first-order valence-electron chi connectivity index (χ1n) is 9.76. The Morgan fingerprint density at radius 1 is 1.21 bits per heavy atom. The number of nitrogens with zero attached hydrogens (tertiary/aromatic N) is 2. The Kier molecular flexibility index (Phi) is 6.87. The van der Waals surface area contributed by atoms with Gasteiger partial charge in [0.15, 0.2) is 6.61 Å². The molecule has 1 aliphatic heterocycles. The van der Waals surface area contributed by atoms with Gasteiger partial charge < -0.3 is 19.7 Å². The van der Waals surface area contributed by atoms with E-state index in [9.17, 15) is 4.79 Å². The van der Waals surface area contributed by atoms with E-state index in [4.69, 9.17) is 4.74 Å². The molecule has 0 atom stereocenters.